The number of carbonyl (C=O) groups is 3. The van der Waals surface area contributed by atoms with Gasteiger partial charge in [0.15, 0.2) is 5.54 Å². The van der Waals surface area contributed by atoms with E-state index in [1.807, 2.05) is 19.0 Å². The molecule has 1 N–H and O–H groups in total. The predicted molar refractivity (Wildman–Crippen MR) is 138 cm³/mol. The number of carbonyl (C=O) groups excluding carboxylic acids is 3. The van der Waals surface area contributed by atoms with Gasteiger partial charge in [0.2, 0.25) is 10.0 Å². The molecule has 37 heavy (non-hydrogen) atoms. The second-order valence-corrected chi connectivity index (χ2v) is 11.6. The number of likely N-dealkylation sites (N-methyl/N-ethyl adjacent to an activating group) is 2. The summed E-state index contributed by atoms with van der Waals surface area (Å²) in [5.74, 6) is -3.03. The van der Waals surface area contributed by atoms with Crippen LogP contribution in [0.1, 0.15) is 18.1 Å². The zero-order chi connectivity index (χ0) is 27.3. The van der Waals surface area contributed by atoms with Crippen molar-refractivity contribution < 1.29 is 27.9 Å². The van der Waals surface area contributed by atoms with Gasteiger partial charge in [-0.25, -0.2) is 12.7 Å². The SMILES string of the molecule is CCN1C(=O)[C@]2(C(=C(O)c3cccc(S(=O)(=O)N(C)C)c3)C(=O)C(=O)N2CCN(C)C)c2ccccc21. The molecule has 10 nitrogen and oxygen atoms in total. The van der Waals surface area contributed by atoms with E-state index in [2.05, 4.69) is 0 Å². The van der Waals surface area contributed by atoms with Crippen LogP contribution in [0.3, 0.4) is 0 Å². The van der Waals surface area contributed by atoms with E-state index in [4.69, 9.17) is 0 Å². The average Bonchev–Trinajstić information content (AvgIpc) is 3.24. The van der Waals surface area contributed by atoms with Crippen molar-refractivity contribution in [1.29, 1.82) is 0 Å². The van der Waals surface area contributed by atoms with Crippen LogP contribution in [0.25, 0.3) is 5.76 Å². The quantitative estimate of drug-likeness (QED) is 0.330. The van der Waals surface area contributed by atoms with Gasteiger partial charge in [0.1, 0.15) is 5.76 Å². The Morgan fingerprint density at radius 3 is 2.30 bits per heavy atom. The number of fused-ring (bicyclic) bond motifs is 2. The molecule has 11 heteroatoms. The summed E-state index contributed by atoms with van der Waals surface area (Å²) in [5.41, 5.74) is -1.28. The fraction of sp³-hybridized carbons (Fsp3) is 0.346. The minimum atomic E-state index is -3.85. The first kappa shape index (κ1) is 26.5. The maximum atomic E-state index is 14.1. The fourth-order valence-electron chi connectivity index (χ4n) is 4.94. The van der Waals surface area contributed by atoms with Crippen molar-refractivity contribution in [2.24, 2.45) is 0 Å². The molecule has 2 aliphatic rings. The maximum absolute atomic E-state index is 14.1. The molecule has 0 saturated carbocycles. The lowest BCUT2D eigenvalue weighted by Gasteiger charge is -2.35. The molecule has 0 unspecified atom stereocenters. The van der Waals surface area contributed by atoms with Crippen LogP contribution in [-0.2, 0) is 29.9 Å². The van der Waals surface area contributed by atoms with Crippen molar-refractivity contribution in [3.63, 3.8) is 0 Å². The van der Waals surface area contributed by atoms with Crippen LogP contribution in [0.15, 0.2) is 59.0 Å². The molecule has 2 amide bonds. The monoisotopic (exact) mass is 526 g/mol. The first-order chi connectivity index (χ1) is 17.4. The van der Waals surface area contributed by atoms with E-state index in [1.54, 1.807) is 31.2 Å². The summed E-state index contributed by atoms with van der Waals surface area (Å²) in [5, 5.41) is 11.6. The number of Topliss-reactive ketones (excluding diaryl/α,β-unsaturated/α-hetero) is 1. The second kappa shape index (κ2) is 9.40. The zero-order valence-electron chi connectivity index (χ0n) is 21.4. The van der Waals surface area contributed by atoms with E-state index in [9.17, 15) is 27.9 Å². The molecule has 2 aromatic rings. The Balaban J connectivity index is 2.04. The molecule has 4 rings (SSSR count). The number of para-hydroxylation sites is 1. The molecule has 2 aromatic carbocycles. The first-order valence-electron chi connectivity index (χ1n) is 11.8. The number of aliphatic hydroxyl groups excluding tert-OH is 1. The molecule has 1 fully saturated rings. The van der Waals surface area contributed by atoms with Crippen molar-refractivity contribution in [2.75, 3.05) is 52.7 Å². The normalized spacial score (nSPS) is 21.1. The average molecular weight is 527 g/mol. The van der Waals surface area contributed by atoms with E-state index in [0.717, 1.165) is 4.31 Å². The summed E-state index contributed by atoms with van der Waals surface area (Å²) in [6.45, 7) is 2.50. The van der Waals surface area contributed by atoms with Crippen molar-refractivity contribution in [3.8, 4) is 0 Å². The van der Waals surface area contributed by atoms with E-state index in [1.165, 1.54) is 48.2 Å². The molecule has 0 aliphatic carbocycles. The van der Waals surface area contributed by atoms with Gasteiger partial charge < -0.3 is 19.8 Å². The lowest BCUT2D eigenvalue weighted by atomic mass is 9.82. The topological polar surface area (TPSA) is 119 Å². The third-order valence-corrected chi connectivity index (χ3v) is 8.59. The summed E-state index contributed by atoms with van der Waals surface area (Å²) in [4.78, 5) is 45.6. The summed E-state index contributed by atoms with van der Waals surface area (Å²) in [6, 6.07) is 12.4. The number of hydrogen-bond acceptors (Lipinski definition) is 7. The van der Waals surface area contributed by atoms with Gasteiger partial charge in [0.25, 0.3) is 17.6 Å². The van der Waals surface area contributed by atoms with Crippen LogP contribution in [0, 0.1) is 0 Å². The number of rotatable bonds is 7. The largest absolute Gasteiger partial charge is 0.507 e. The molecule has 1 spiro atoms. The first-order valence-corrected chi connectivity index (χ1v) is 13.2. The van der Waals surface area contributed by atoms with E-state index in [0.29, 0.717) is 17.8 Å². The fourth-order valence-corrected chi connectivity index (χ4v) is 5.89. The van der Waals surface area contributed by atoms with Crippen molar-refractivity contribution in [1.82, 2.24) is 14.1 Å². The van der Waals surface area contributed by atoms with Crippen LogP contribution in [0.4, 0.5) is 5.69 Å². The van der Waals surface area contributed by atoms with Crippen molar-refractivity contribution >= 4 is 39.1 Å². The highest BCUT2D eigenvalue weighted by Gasteiger charge is 2.66. The van der Waals surface area contributed by atoms with Gasteiger partial charge in [-0.05, 0) is 39.2 Å². The van der Waals surface area contributed by atoms with E-state index in [-0.39, 0.29) is 29.1 Å². The van der Waals surface area contributed by atoms with Crippen LogP contribution in [0.5, 0.6) is 0 Å². The molecule has 0 bridgehead atoms. The van der Waals surface area contributed by atoms with Gasteiger partial charge >= 0.3 is 0 Å². The molecule has 1 saturated heterocycles. The number of ketones is 1. The Bertz CT molecular complexity index is 1430. The number of sulfonamides is 1. The number of anilines is 1. The van der Waals surface area contributed by atoms with E-state index >= 15 is 0 Å². The second-order valence-electron chi connectivity index (χ2n) is 9.41. The molecule has 196 valence electrons. The van der Waals surface area contributed by atoms with E-state index < -0.39 is 38.9 Å². The van der Waals surface area contributed by atoms with Gasteiger partial charge in [-0.15, -0.1) is 0 Å². The van der Waals surface area contributed by atoms with Crippen molar-refractivity contribution in [3.05, 3.63) is 65.2 Å². The minimum Gasteiger partial charge on any atom is -0.507 e. The lowest BCUT2D eigenvalue weighted by molar-refractivity contribution is -0.143. The Morgan fingerprint density at radius 2 is 1.68 bits per heavy atom. The third kappa shape index (κ3) is 3.85. The molecule has 2 aliphatic heterocycles. The number of amides is 2. The lowest BCUT2D eigenvalue weighted by Crippen LogP contribution is -2.53. The molecule has 1 atom stereocenters. The zero-order valence-corrected chi connectivity index (χ0v) is 22.2. The van der Waals surface area contributed by atoms with Gasteiger partial charge in [0.05, 0.1) is 16.2 Å². The summed E-state index contributed by atoms with van der Waals surface area (Å²) < 4.78 is 26.5. The Hall–Kier alpha value is -3.54. The van der Waals surface area contributed by atoms with Crippen LogP contribution in [0.2, 0.25) is 0 Å². The van der Waals surface area contributed by atoms with Gasteiger partial charge in [-0.1, -0.05) is 30.3 Å². The summed E-state index contributed by atoms with van der Waals surface area (Å²) in [7, 11) is 2.52. The predicted octanol–water partition coefficient (Wildman–Crippen LogP) is 1.44. The number of aliphatic hydroxyl groups is 1. The van der Waals surface area contributed by atoms with Crippen molar-refractivity contribution in [2.45, 2.75) is 17.4 Å². The Kier molecular flexibility index (Phi) is 6.74. The molecule has 0 aromatic heterocycles. The molecule has 2 heterocycles. The van der Waals surface area contributed by atoms with Crippen LogP contribution >= 0.6 is 0 Å². The number of likely N-dealkylation sites (tertiary alicyclic amines) is 1. The highest BCUT2D eigenvalue weighted by atomic mass is 32.2. The van der Waals surface area contributed by atoms with Crippen LogP contribution < -0.4 is 4.90 Å². The maximum Gasteiger partial charge on any atom is 0.296 e. The summed E-state index contributed by atoms with van der Waals surface area (Å²) in [6.07, 6.45) is 0. The Labute approximate surface area is 216 Å². The third-order valence-electron chi connectivity index (χ3n) is 6.78. The van der Waals surface area contributed by atoms with Gasteiger partial charge in [-0.2, -0.15) is 0 Å². The standard InChI is InChI=1S/C26H30N4O6S/c1-6-29-20-13-8-7-12-19(20)26(25(29)34)21(23(32)24(33)30(26)15-14-27(2)3)22(31)17-10-9-11-18(16-17)37(35,36)28(4)5/h7-13,16,31H,6,14-15H2,1-5H3/t26-/m1/s1. The highest BCUT2D eigenvalue weighted by molar-refractivity contribution is 7.89. The molecular weight excluding hydrogens is 496 g/mol. The van der Waals surface area contributed by atoms with Crippen LogP contribution in [-0.4, -0.2) is 93.1 Å². The summed E-state index contributed by atoms with van der Waals surface area (Å²) >= 11 is 0. The smallest absolute Gasteiger partial charge is 0.296 e. The highest BCUT2D eigenvalue weighted by Crippen LogP contribution is 2.53. The number of hydrogen-bond donors (Lipinski definition) is 1. The Morgan fingerprint density at radius 1 is 1.00 bits per heavy atom. The molecular formula is C26H30N4O6S. The number of benzene rings is 2. The molecule has 0 radical (unpaired) electrons. The van der Waals surface area contributed by atoms with Gasteiger partial charge in [0, 0.05) is 44.9 Å². The number of nitrogens with zero attached hydrogens (tertiary/aromatic N) is 4. The minimum absolute atomic E-state index is 0.00754. The van der Waals surface area contributed by atoms with Gasteiger partial charge in [-0.3, -0.25) is 14.4 Å².